The van der Waals surface area contributed by atoms with Crippen LogP contribution in [0.4, 0.5) is 10.2 Å². The van der Waals surface area contributed by atoms with Crippen LogP contribution in [0, 0.1) is 5.95 Å². The van der Waals surface area contributed by atoms with E-state index < -0.39 is 5.95 Å². The SMILES string of the molecule is COC(=O)CCNc1cc(F)ncn1. The summed E-state index contributed by atoms with van der Waals surface area (Å²) in [5.41, 5.74) is 0. The second-order valence-corrected chi connectivity index (χ2v) is 2.48. The number of hydrogen-bond acceptors (Lipinski definition) is 5. The summed E-state index contributed by atoms with van der Waals surface area (Å²) in [4.78, 5) is 17.7. The third-order valence-electron chi connectivity index (χ3n) is 1.50. The Hall–Kier alpha value is -1.72. The third kappa shape index (κ3) is 3.34. The zero-order chi connectivity index (χ0) is 10.4. The Kier molecular flexibility index (Phi) is 3.78. The van der Waals surface area contributed by atoms with Gasteiger partial charge >= 0.3 is 5.97 Å². The maximum absolute atomic E-state index is 12.5. The highest BCUT2D eigenvalue weighted by Crippen LogP contribution is 2.01. The van der Waals surface area contributed by atoms with Crippen LogP contribution in [0.5, 0.6) is 0 Å². The fourth-order valence-electron chi connectivity index (χ4n) is 0.825. The summed E-state index contributed by atoms with van der Waals surface area (Å²) >= 11 is 0. The van der Waals surface area contributed by atoms with Gasteiger partial charge in [-0.05, 0) is 0 Å². The highest BCUT2D eigenvalue weighted by Gasteiger charge is 2.00. The number of aromatic nitrogens is 2. The minimum absolute atomic E-state index is 0.210. The van der Waals surface area contributed by atoms with Crippen LogP contribution in [0.2, 0.25) is 0 Å². The van der Waals surface area contributed by atoms with Crippen LogP contribution in [-0.2, 0) is 9.53 Å². The van der Waals surface area contributed by atoms with Crippen molar-refractivity contribution in [2.24, 2.45) is 0 Å². The Morgan fingerprint density at radius 3 is 3.07 bits per heavy atom. The molecule has 5 nitrogen and oxygen atoms in total. The molecule has 0 spiro atoms. The molecule has 1 N–H and O–H groups in total. The molecule has 0 saturated heterocycles. The topological polar surface area (TPSA) is 64.1 Å². The van der Waals surface area contributed by atoms with E-state index in [0.717, 1.165) is 12.4 Å². The number of nitrogens with zero attached hydrogens (tertiary/aromatic N) is 2. The second kappa shape index (κ2) is 5.11. The van der Waals surface area contributed by atoms with Gasteiger partial charge in [0.2, 0.25) is 5.95 Å². The van der Waals surface area contributed by atoms with Gasteiger partial charge in [-0.15, -0.1) is 0 Å². The van der Waals surface area contributed by atoms with Crippen molar-refractivity contribution in [3.8, 4) is 0 Å². The van der Waals surface area contributed by atoms with Crippen molar-refractivity contribution in [3.05, 3.63) is 18.3 Å². The van der Waals surface area contributed by atoms with Crippen LogP contribution in [0.25, 0.3) is 0 Å². The zero-order valence-electron chi connectivity index (χ0n) is 7.66. The summed E-state index contributed by atoms with van der Waals surface area (Å²) in [5.74, 6) is -0.589. The lowest BCUT2D eigenvalue weighted by atomic mass is 10.4. The molecule has 0 amide bonds. The number of nitrogens with one attached hydrogen (secondary N) is 1. The summed E-state index contributed by atoms with van der Waals surface area (Å²) in [6.45, 7) is 0.350. The molecule has 0 aliphatic rings. The number of hydrogen-bond donors (Lipinski definition) is 1. The van der Waals surface area contributed by atoms with Gasteiger partial charge in [0.25, 0.3) is 0 Å². The van der Waals surface area contributed by atoms with E-state index in [2.05, 4.69) is 20.0 Å². The fraction of sp³-hybridized carbons (Fsp3) is 0.375. The summed E-state index contributed by atoms with van der Waals surface area (Å²) in [5, 5.41) is 2.76. The Morgan fingerprint density at radius 1 is 1.64 bits per heavy atom. The minimum atomic E-state index is -0.611. The van der Waals surface area contributed by atoms with E-state index in [9.17, 15) is 9.18 Å². The van der Waals surface area contributed by atoms with Crippen molar-refractivity contribution in [1.29, 1.82) is 0 Å². The van der Waals surface area contributed by atoms with Gasteiger partial charge in [-0.3, -0.25) is 4.79 Å². The largest absolute Gasteiger partial charge is 0.469 e. The van der Waals surface area contributed by atoms with Crippen LogP contribution in [0.1, 0.15) is 6.42 Å². The summed E-state index contributed by atoms with van der Waals surface area (Å²) < 4.78 is 17.0. The van der Waals surface area contributed by atoms with Crippen molar-refractivity contribution in [1.82, 2.24) is 9.97 Å². The average Bonchev–Trinajstić information content (AvgIpc) is 2.17. The van der Waals surface area contributed by atoms with Crippen LogP contribution < -0.4 is 5.32 Å². The van der Waals surface area contributed by atoms with Crippen molar-refractivity contribution in [3.63, 3.8) is 0 Å². The van der Waals surface area contributed by atoms with Crippen molar-refractivity contribution in [2.45, 2.75) is 6.42 Å². The van der Waals surface area contributed by atoms with E-state index in [-0.39, 0.29) is 12.4 Å². The lowest BCUT2D eigenvalue weighted by molar-refractivity contribution is -0.140. The molecule has 0 aromatic carbocycles. The number of rotatable bonds is 4. The maximum atomic E-state index is 12.5. The normalized spacial score (nSPS) is 9.57. The molecule has 6 heteroatoms. The molecular weight excluding hydrogens is 189 g/mol. The van der Waals surface area contributed by atoms with Gasteiger partial charge in [0.05, 0.1) is 13.5 Å². The van der Waals surface area contributed by atoms with E-state index in [4.69, 9.17) is 0 Å². The molecule has 76 valence electrons. The van der Waals surface area contributed by atoms with Gasteiger partial charge in [-0.2, -0.15) is 4.39 Å². The van der Waals surface area contributed by atoms with Gasteiger partial charge in [-0.25, -0.2) is 9.97 Å². The van der Waals surface area contributed by atoms with E-state index >= 15 is 0 Å². The van der Waals surface area contributed by atoms with Gasteiger partial charge in [0.15, 0.2) is 0 Å². The van der Waals surface area contributed by atoms with E-state index in [0.29, 0.717) is 12.4 Å². The molecule has 0 radical (unpaired) electrons. The predicted octanol–water partition coefficient (Wildman–Crippen LogP) is 0.591. The molecular formula is C8H10FN3O2. The first-order valence-corrected chi connectivity index (χ1v) is 4.00. The quantitative estimate of drug-likeness (QED) is 0.568. The molecule has 14 heavy (non-hydrogen) atoms. The van der Waals surface area contributed by atoms with Crippen molar-refractivity contribution in [2.75, 3.05) is 19.0 Å². The molecule has 0 aliphatic carbocycles. The molecule has 0 atom stereocenters. The van der Waals surface area contributed by atoms with Crippen molar-refractivity contribution >= 4 is 11.8 Å². The molecule has 0 fully saturated rings. The first-order chi connectivity index (χ1) is 6.72. The third-order valence-corrected chi connectivity index (χ3v) is 1.50. The van der Waals surface area contributed by atoms with Gasteiger partial charge in [-0.1, -0.05) is 0 Å². The summed E-state index contributed by atoms with van der Waals surface area (Å²) in [6.07, 6.45) is 1.32. The number of carbonyl (C=O) groups is 1. The number of anilines is 1. The van der Waals surface area contributed by atoms with E-state index in [1.54, 1.807) is 0 Å². The average molecular weight is 199 g/mol. The highest BCUT2D eigenvalue weighted by molar-refractivity contribution is 5.69. The minimum Gasteiger partial charge on any atom is -0.469 e. The number of methoxy groups -OCH3 is 1. The van der Waals surface area contributed by atoms with Crippen LogP contribution >= 0.6 is 0 Å². The molecule has 1 aromatic heterocycles. The Morgan fingerprint density at radius 2 is 2.43 bits per heavy atom. The zero-order valence-corrected chi connectivity index (χ0v) is 7.66. The monoisotopic (exact) mass is 199 g/mol. The van der Waals surface area contributed by atoms with Crippen LogP contribution in [-0.4, -0.2) is 29.6 Å². The number of carbonyl (C=O) groups excluding carboxylic acids is 1. The highest BCUT2D eigenvalue weighted by atomic mass is 19.1. The lowest BCUT2D eigenvalue weighted by Crippen LogP contribution is -2.10. The Labute approximate surface area is 80.3 Å². The molecule has 0 unspecified atom stereocenters. The maximum Gasteiger partial charge on any atom is 0.307 e. The fourth-order valence-corrected chi connectivity index (χ4v) is 0.825. The smallest absolute Gasteiger partial charge is 0.307 e. The van der Waals surface area contributed by atoms with Gasteiger partial charge in [0.1, 0.15) is 12.1 Å². The molecule has 1 rings (SSSR count). The van der Waals surface area contributed by atoms with Crippen molar-refractivity contribution < 1.29 is 13.9 Å². The second-order valence-electron chi connectivity index (χ2n) is 2.48. The summed E-state index contributed by atoms with van der Waals surface area (Å²) in [7, 11) is 1.31. The van der Waals surface area contributed by atoms with Crippen LogP contribution in [0.3, 0.4) is 0 Å². The Bertz CT molecular complexity index is 319. The predicted molar refractivity (Wildman–Crippen MR) is 47.1 cm³/mol. The molecule has 1 aromatic rings. The lowest BCUT2D eigenvalue weighted by Gasteiger charge is -2.03. The standard InChI is InChI=1S/C8H10FN3O2/c1-14-8(13)2-3-10-7-4-6(9)11-5-12-7/h4-5H,2-3H2,1H3,(H,10,11,12). The van der Waals surface area contributed by atoms with E-state index in [1.165, 1.54) is 7.11 Å². The van der Waals surface area contributed by atoms with Gasteiger partial charge in [0, 0.05) is 12.6 Å². The first-order valence-electron chi connectivity index (χ1n) is 4.00. The molecule has 0 aliphatic heterocycles. The molecule has 1 heterocycles. The van der Waals surface area contributed by atoms with Gasteiger partial charge < -0.3 is 10.1 Å². The number of ether oxygens (including phenoxy) is 1. The molecule has 0 bridgehead atoms. The Balaban J connectivity index is 2.35. The van der Waals surface area contributed by atoms with Crippen LogP contribution in [0.15, 0.2) is 12.4 Å². The molecule has 0 saturated carbocycles. The summed E-state index contributed by atoms with van der Waals surface area (Å²) in [6, 6.07) is 1.15. The first kappa shape index (κ1) is 10.4. The number of esters is 1. The number of halogens is 1. The van der Waals surface area contributed by atoms with E-state index in [1.807, 2.05) is 0 Å².